The Kier molecular flexibility index (Phi) is 4.11. The molecular weight excluding hydrogens is 178 g/mol. The summed E-state index contributed by atoms with van der Waals surface area (Å²) in [5, 5.41) is 2.67. The number of nitrogens with one attached hydrogen (secondary N) is 1. The lowest BCUT2D eigenvalue weighted by Gasteiger charge is -2.24. The maximum absolute atomic E-state index is 11.3. The van der Waals surface area contributed by atoms with Gasteiger partial charge in [-0.2, -0.15) is 0 Å². The smallest absolute Gasteiger partial charge is 0.220 e. The first kappa shape index (κ1) is 11.2. The van der Waals surface area contributed by atoms with Gasteiger partial charge in [0.15, 0.2) is 5.78 Å². The third-order valence-electron chi connectivity index (χ3n) is 2.80. The predicted molar refractivity (Wildman–Crippen MR) is 54.8 cm³/mol. The van der Waals surface area contributed by atoms with E-state index in [1.807, 2.05) is 13.8 Å². The molecule has 0 atom stereocenters. The Balaban J connectivity index is 2.11. The monoisotopic (exact) mass is 197 g/mol. The molecule has 0 spiro atoms. The van der Waals surface area contributed by atoms with Crippen molar-refractivity contribution in [2.45, 2.75) is 39.5 Å². The molecule has 1 fully saturated rings. The third kappa shape index (κ3) is 3.48. The lowest BCUT2D eigenvalue weighted by Crippen LogP contribution is -2.33. The van der Waals surface area contributed by atoms with Crippen LogP contribution < -0.4 is 5.32 Å². The minimum Gasteiger partial charge on any atom is -0.349 e. The molecule has 14 heavy (non-hydrogen) atoms. The van der Waals surface area contributed by atoms with Crippen molar-refractivity contribution >= 4 is 11.7 Å². The van der Waals surface area contributed by atoms with Crippen LogP contribution in [0.4, 0.5) is 0 Å². The van der Waals surface area contributed by atoms with E-state index in [4.69, 9.17) is 0 Å². The molecule has 3 heteroatoms. The first-order chi connectivity index (χ1) is 6.59. The molecule has 1 rings (SSSR count). The van der Waals surface area contributed by atoms with Crippen molar-refractivity contribution < 1.29 is 9.59 Å². The topological polar surface area (TPSA) is 46.2 Å². The van der Waals surface area contributed by atoms with E-state index in [0.29, 0.717) is 12.3 Å². The van der Waals surface area contributed by atoms with Crippen LogP contribution in [0, 0.1) is 11.8 Å². The van der Waals surface area contributed by atoms with E-state index in [-0.39, 0.29) is 24.2 Å². The Hall–Kier alpha value is -0.860. The zero-order valence-electron chi connectivity index (χ0n) is 9.01. The number of carbonyl (C=O) groups is 2. The fourth-order valence-electron chi connectivity index (χ4n) is 1.42. The minimum absolute atomic E-state index is 0.0130. The summed E-state index contributed by atoms with van der Waals surface area (Å²) in [5.74, 6) is 0.721. The highest BCUT2D eigenvalue weighted by Crippen LogP contribution is 2.28. The number of rotatable bonds is 5. The summed E-state index contributed by atoms with van der Waals surface area (Å²) in [4.78, 5) is 22.5. The summed E-state index contributed by atoms with van der Waals surface area (Å²) in [6.07, 6.45) is 4.20. The second-order valence-electron chi connectivity index (χ2n) is 4.40. The molecular formula is C11H19NO2. The molecule has 0 unspecified atom stereocenters. The highest BCUT2D eigenvalue weighted by atomic mass is 16.2. The molecule has 1 aliphatic rings. The maximum atomic E-state index is 11.3. The second-order valence-corrected chi connectivity index (χ2v) is 4.40. The molecule has 0 aromatic rings. The summed E-state index contributed by atoms with van der Waals surface area (Å²) in [7, 11) is 0. The summed E-state index contributed by atoms with van der Waals surface area (Å²) in [6, 6.07) is 0. The highest BCUT2D eigenvalue weighted by molar-refractivity contribution is 5.87. The molecule has 0 saturated heterocycles. The zero-order chi connectivity index (χ0) is 10.6. The van der Waals surface area contributed by atoms with Crippen LogP contribution in [0.15, 0.2) is 0 Å². The molecule has 80 valence electrons. The van der Waals surface area contributed by atoms with Gasteiger partial charge in [0.25, 0.3) is 0 Å². The second kappa shape index (κ2) is 5.13. The van der Waals surface area contributed by atoms with E-state index in [0.717, 1.165) is 0 Å². The number of hydrogen-bond acceptors (Lipinski definition) is 2. The predicted octanol–water partition coefficient (Wildman–Crippen LogP) is 1.52. The Labute approximate surface area is 85.3 Å². The molecule has 3 nitrogen and oxygen atoms in total. The number of carbonyl (C=O) groups excluding carboxylic acids is 2. The van der Waals surface area contributed by atoms with Crippen molar-refractivity contribution in [2.75, 3.05) is 6.54 Å². The maximum Gasteiger partial charge on any atom is 0.220 e. The molecule has 0 heterocycles. The number of ketones is 1. The lowest BCUT2D eigenvalue weighted by atomic mass is 9.83. The molecule has 0 aromatic heterocycles. The van der Waals surface area contributed by atoms with Crippen LogP contribution in [0.3, 0.4) is 0 Å². The first-order valence-corrected chi connectivity index (χ1v) is 5.39. The van der Waals surface area contributed by atoms with Gasteiger partial charge in [0.2, 0.25) is 5.91 Å². The van der Waals surface area contributed by atoms with Crippen LogP contribution in [0.25, 0.3) is 0 Å². The van der Waals surface area contributed by atoms with Gasteiger partial charge in [-0.15, -0.1) is 0 Å². The van der Waals surface area contributed by atoms with Gasteiger partial charge in [0, 0.05) is 12.3 Å². The van der Waals surface area contributed by atoms with Gasteiger partial charge >= 0.3 is 0 Å². The van der Waals surface area contributed by atoms with Crippen LogP contribution in [-0.4, -0.2) is 18.2 Å². The van der Waals surface area contributed by atoms with Gasteiger partial charge in [-0.05, 0) is 18.8 Å². The average molecular weight is 197 g/mol. The van der Waals surface area contributed by atoms with Gasteiger partial charge in [-0.25, -0.2) is 0 Å². The molecule has 1 aliphatic carbocycles. The van der Waals surface area contributed by atoms with E-state index >= 15 is 0 Å². The highest BCUT2D eigenvalue weighted by Gasteiger charge is 2.20. The molecule has 0 radical (unpaired) electrons. The summed E-state index contributed by atoms with van der Waals surface area (Å²) in [6.45, 7) is 3.89. The Bertz CT molecular complexity index is 219. The van der Waals surface area contributed by atoms with E-state index < -0.39 is 0 Å². The molecule has 0 aliphatic heterocycles. The van der Waals surface area contributed by atoms with Crippen LogP contribution in [-0.2, 0) is 9.59 Å². The SMILES string of the molecule is CC(C)C(=O)CNC(=O)CC1CCC1. The Morgan fingerprint density at radius 3 is 2.43 bits per heavy atom. The minimum atomic E-state index is 0.0130. The molecule has 0 bridgehead atoms. The van der Waals surface area contributed by atoms with Gasteiger partial charge < -0.3 is 5.32 Å². The van der Waals surface area contributed by atoms with E-state index in [1.165, 1.54) is 19.3 Å². The number of Topliss-reactive ketones (excluding diaryl/α,β-unsaturated/α-hetero) is 1. The third-order valence-corrected chi connectivity index (χ3v) is 2.80. The van der Waals surface area contributed by atoms with Crippen LogP contribution in [0.1, 0.15) is 39.5 Å². The lowest BCUT2D eigenvalue weighted by molar-refractivity contribution is -0.127. The largest absolute Gasteiger partial charge is 0.349 e. The molecule has 1 N–H and O–H groups in total. The van der Waals surface area contributed by atoms with Crippen molar-refractivity contribution in [3.8, 4) is 0 Å². The Morgan fingerprint density at radius 1 is 1.36 bits per heavy atom. The summed E-state index contributed by atoms with van der Waals surface area (Å²) >= 11 is 0. The number of hydrogen-bond donors (Lipinski definition) is 1. The van der Waals surface area contributed by atoms with Crippen LogP contribution in [0.5, 0.6) is 0 Å². The van der Waals surface area contributed by atoms with Gasteiger partial charge in [0.1, 0.15) is 0 Å². The normalized spacial score (nSPS) is 16.5. The van der Waals surface area contributed by atoms with Crippen LogP contribution >= 0.6 is 0 Å². The Morgan fingerprint density at radius 2 is 2.00 bits per heavy atom. The van der Waals surface area contributed by atoms with Crippen molar-refractivity contribution in [3.05, 3.63) is 0 Å². The molecule has 0 aromatic carbocycles. The van der Waals surface area contributed by atoms with E-state index in [1.54, 1.807) is 0 Å². The van der Waals surface area contributed by atoms with Crippen molar-refractivity contribution in [1.29, 1.82) is 0 Å². The van der Waals surface area contributed by atoms with Crippen molar-refractivity contribution in [1.82, 2.24) is 5.32 Å². The quantitative estimate of drug-likeness (QED) is 0.726. The van der Waals surface area contributed by atoms with Crippen LogP contribution in [0.2, 0.25) is 0 Å². The summed E-state index contributed by atoms with van der Waals surface area (Å²) in [5.41, 5.74) is 0. The van der Waals surface area contributed by atoms with E-state index in [9.17, 15) is 9.59 Å². The number of amides is 1. The summed E-state index contributed by atoms with van der Waals surface area (Å²) < 4.78 is 0. The van der Waals surface area contributed by atoms with Gasteiger partial charge in [0.05, 0.1) is 6.54 Å². The van der Waals surface area contributed by atoms with Crippen molar-refractivity contribution in [3.63, 3.8) is 0 Å². The van der Waals surface area contributed by atoms with Gasteiger partial charge in [-0.3, -0.25) is 9.59 Å². The molecule has 1 saturated carbocycles. The van der Waals surface area contributed by atoms with Gasteiger partial charge in [-0.1, -0.05) is 20.3 Å². The standard InChI is InChI=1S/C11H19NO2/c1-8(2)10(13)7-12-11(14)6-9-4-3-5-9/h8-9H,3-7H2,1-2H3,(H,12,14). The average Bonchev–Trinajstić information content (AvgIpc) is 2.07. The fraction of sp³-hybridized carbons (Fsp3) is 0.818. The first-order valence-electron chi connectivity index (χ1n) is 5.39. The zero-order valence-corrected chi connectivity index (χ0v) is 9.01. The molecule has 1 amide bonds. The van der Waals surface area contributed by atoms with E-state index in [2.05, 4.69) is 5.32 Å². The fourth-order valence-corrected chi connectivity index (χ4v) is 1.42. The van der Waals surface area contributed by atoms with Crippen molar-refractivity contribution in [2.24, 2.45) is 11.8 Å².